The van der Waals surface area contributed by atoms with Crippen molar-refractivity contribution in [2.45, 2.75) is 19.8 Å². The quantitative estimate of drug-likeness (QED) is 0.779. The number of amides is 1. The van der Waals surface area contributed by atoms with Gasteiger partial charge in [-0.25, -0.2) is 4.98 Å². The highest BCUT2D eigenvalue weighted by molar-refractivity contribution is 5.92. The minimum Gasteiger partial charge on any atom is -0.397 e. The molecule has 1 saturated heterocycles. The zero-order chi connectivity index (χ0) is 11.5. The Hall–Kier alpha value is -1.58. The molecule has 1 fully saturated rings. The first-order valence-electron chi connectivity index (χ1n) is 5.67. The van der Waals surface area contributed by atoms with Gasteiger partial charge < -0.3 is 10.6 Å². The molecule has 2 N–H and O–H groups in total. The number of hydrogen-bond acceptors (Lipinski definition) is 3. The van der Waals surface area contributed by atoms with Gasteiger partial charge in [-0.15, -0.1) is 0 Å². The van der Waals surface area contributed by atoms with Crippen LogP contribution in [0.25, 0.3) is 0 Å². The molecule has 0 aliphatic carbocycles. The molecular weight excluding hydrogens is 202 g/mol. The first-order chi connectivity index (χ1) is 7.66. The third kappa shape index (κ3) is 2.32. The number of nitrogens with zero attached hydrogens (tertiary/aromatic N) is 2. The van der Waals surface area contributed by atoms with E-state index in [9.17, 15) is 4.79 Å². The summed E-state index contributed by atoms with van der Waals surface area (Å²) in [6.07, 6.45) is 3.70. The van der Waals surface area contributed by atoms with Gasteiger partial charge in [0.25, 0.3) is 5.91 Å². The van der Waals surface area contributed by atoms with Crippen LogP contribution in [0.4, 0.5) is 5.69 Å². The SMILES string of the molecule is CC1CCN(C(=O)c2ccc(N)cn2)CC1. The molecule has 0 unspecified atom stereocenters. The lowest BCUT2D eigenvalue weighted by Gasteiger charge is -2.29. The zero-order valence-electron chi connectivity index (χ0n) is 9.52. The number of hydrogen-bond donors (Lipinski definition) is 1. The van der Waals surface area contributed by atoms with Gasteiger partial charge in [0.15, 0.2) is 0 Å². The minimum atomic E-state index is 0.0203. The molecule has 0 bridgehead atoms. The summed E-state index contributed by atoms with van der Waals surface area (Å²) in [5, 5.41) is 0. The summed E-state index contributed by atoms with van der Waals surface area (Å²) in [6, 6.07) is 3.41. The second kappa shape index (κ2) is 4.51. The predicted molar refractivity (Wildman–Crippen MR) is 63.0 cm³/mol. The summed E-state index contributed by atoms with van der Waals surface area (Å²) in [5.74, 6) is 0.746. The molecule has 1 aromatic heterocycles. The lowest BCUT2D eigenvalue weighted by Crippen LogP contribution is -2.38. The van der Waals surface area contributed by atoms with E-state index in [2.05, 4.69) is 11.9 Å². The van der Waals surface area contributed by atoms with E-state index < -0.39 is 0 Å². The number of aromatic nitrogens is 1. The summed E-state index contributed by atoms with van der Waals surface area (Å²) in [4.78, 5) is 18.0. The lowest BCUT2D eigenvalue weighted by atomic mass is 9.99. The molecule has 4 heteroatoms. The van der Waals surface area contributed by atoms with Crippen LogP contribution >= 0.6 is 0 Å². The molecule has 4 nitrogen and oxygen atoms in total. The number of carbonyl (C=O) groups excluding carboxylic acids is 1. The van der Waals surface area contributed by atoms with Gasteiger partial charge in [0.2, 0.25) is 0 Å². The summed E-state index contributed by atoms with van der Waals surface area (Å²) in [6.45, 7) is 3.90. The van der Waals surface area contributed by atoms with Crippen LogP contribution < -0.4 is 5.73 Å². The van der Waals surface area contributed by atoms with Gasteiger partial charge in [-0.2, -0.15) is 0 Å². The van der Waals surface area contributed by atoms with Crippen molar-refractivity contribution in [2.75, 3.05) is 18.8 Å². The van der Waals surface area contributed by atoms with Crippen molar-refractivity contribution in [1.29, 1.82) is 0 Å². The van der Waals surface area contributed by atoms with Crippen molar-refractivity contribution in [2.24, 2.45) is 5.92 Å². The lowest BCUT2D eigenvalue weighted by molar-refractivity contribution is 0.0691. The third-order valence-corrected chi connectivity index (χ3v) is 3.08. The molecule has 0 radical (unpaired) electrons. The van der Waals surface area contributed by atoms with Crippen LogP contribution in [0, 0.1) is 5.92 Å². The fourth-order valence-corrected chi connectivity index (χ4v) is 1.91. The molecule has 0 saturated carbocycles. The Morgan fingerprint density at radius 1 is 1.44 bits per heavy atom. The molecule has 1 aromatic rings. The Morgan fingerprint density at radius 3 is 2.69 bits per heavy atom. The largest absolute Gasteiger partial charge is 0.397 e. The Bertz CT molecular complexity index is 366. The molecule has 16 heavy (non-hydrogen) atoms. The van der Waals surface area contributed by atoms with Gasteiger partial charge in [-0.1, -0.05) is 6.92 Å². The first-order valence-corrected chi connectivity index (χ1v) is 5.67. The molecule has 1 amide bonds. The maximum absolute atomic E-state index is 12.0. The number of nitrogen functional groups attached to an aromatic ring is 1. The van der Waals surface area contributed by atoms with Crippen molar-refractivity contribution in [3.05, 3.63) is 24.0 Å². The predicted octanol–water partition coefficient (Wildman–Crippen LogP) is 1.54. The maximum Gasteiger partial charge on any atom is 0.272 e. The number of anilines is 1. The summed E-state index contributed by atoms with van der Waals surface area (Å²) in [5.41, 5.74) is 6.61. The standard InChI is InChI=1S/C12H17N3O/c1-9-4-6-15(7-5-9)12(16)11-3-2-10(13)8-14-11/h2-3,8-9H,4-7,13H2,1H3. The molecule has 1 aliphatic heterocycles. The van der Waals surface area contributed by atoms with E-state index in [0.29, 0.717) is 11.4 Å². The molecule has 1 aliphatic rings. The number of rotatable bonds is 1. The fourth-order valence-electron chi connectivity index (χ4n) is 1.91. The number of carbonyl (C=O) groups is 1. The molecular formula is C12H17N3O. The van der Waals surface area contributed by atoms with E-state index in [0.717, 1.165) is 31.8 Å². The fraction of sp³-hybridized carbons (Fsp3) is 0.500. The van der Waals surface area contributed by atoms with Gasteiger partial charge >= 0.3 is 0 Å². The van der Waals surface area contributed by atoms with Gasteiger partial charge in [-0.3, -0.25) is 4.79 Å². The van der Waals surface area contributed by atoms with Crippen molar-refractivity contribution in [3.8, 4) is 0 Å². The Labute approximate surface area is 95.5 Å². The highest BCUT2D eigenvalue weighted by atomic mass is 16.2. The molecule has 0 spiro atoms. The Morgan fingerprint density at radius 2 is 2.12 bits per heavy atom. The summed E-state index contributed by atoms with van der Waals surface area (Å²) in [7, 11) is 0. The van der Waals surface area contributed by atoms with Crippen LogP contribution in [0.2, 0.25) is 0 Å². The number of piperidine rings is 1. The van der Waals surface area contributed by atoms with Crippen molar-refractivity contribution in [3.63, 3.8) is 0 Å². The second-order valence-electron chi connectivity index (χ2n) is 4.45. The average molecular weight is 219 g/mol. The summed E-state index contributed by atoms with van der Waals surface area (Å²) < 4.78 is 0. The van der Waals surface area contributed by atoms with E-state index in [1.54, 1.807) is 12.1 Å². The molecule has 0 atom stereocenters. The number of nitrogens with two attached hydrogens (primary N) is 1. The molecule has 2 rings (SSSR count). The normalized spacial score (nSPS) is 17.4. The topological polar surface area (TPSA) is 59.2 Å². The first kappa shape index (κ1) is 10.9. The van der Waals surface area contributed by atoms with E-state index in [1.807, 2.05) is 4.90 Å². The van der Waals surface area contributed by atoms with E-state index in [4.69, 9.17) is 5.73 Å². The van der Waals surface area contributed by atoms with E-state index >= 15 is 0 Å². The van der Waals surface area contributed by atoms with Crippen LogP contribution in [0.15, 0.2) is 18.3 Å². The van der Waals surface area contributed by atoms with Gasteiger partial charge in [0, 0.05) is 13.1 Å². The molecule has 86 valence electrons. The summed E-state index contributed by atoms with van der Waals surface area (Å²) >= 11 is 0. The number of likely N-dealkylation sites (tertiary alicyclic amines) is 1. The average Bonchev–Trinajstić information content (AvgIpc) is 2.30. The zero-order valence-corrected chi connectivity index (χ0v) is 9.52. The van der Waals surface area contributed by atoms with Crippen LogP contribution in [0.5, 0.6) is 0 Å². The monoisotopic (exact) mass is 219 g/mol. The molecule has 0 aromatic carbocycles. The third-order valence-electron chi connectivity index (χ3n) is 3.08. The van der Waals surface area contributed by atoms with Gasteiger partial charge in [0.1, 0.15) is 5.69 Å². The van der Waals surface area contributed by atoms with Crippen LogP contribution in [-0.4, -0.2) is 28.9 Å². The maximum atomic E-state index is 12.0. The second-order valence-corrected chi connectivity index (χ2v) is 4.45. The number of pyridine rings is 1. The minimum absolute atomic E-state index is 0.0203. The highest BCUT2D eigenvalue weighted by Gasteiger charge is 2.21. The van der Waals surface area contributed by atoms with Crippen LogP contribution in [-0.2, 0) is 0 Å². The van der Waals surface area contributed by atoms with E-state index in [1.165, 1.54) is 6.20 Å². The van der Waals surface area contributed by atoms with E-state index in [-0.39, 0.29) is 5.91 Å². The highest BCUT2D eigenvalue weighted by Crippen LogP contribution is 2.17. The van der Waals surface area contributed by atoms with Crippen molar-refractivity contribution in [1.82, 2.24) is 9.88 Å². The van der Waals surface area contributed by atoms with Gasteiger partial charge in [0.05, 0.1) is 11.9 Å². The van der Waals surface area contributed by atoms with Crippen LogP contribution in [0.3, 0.4) is 0 Å². The smallest absolute Gasteiger partial charge is 0.272 e. The Balaban J connectivity index is 2.05. The van der Waals surface area contributed by atoms with Crippen LogP contribution in [0.1, 0.15) is 30.3 Å². The van der Waals surface area contributed by atoms with Crippen molar-refractivity contribution < 1.29 is 4.79 Å². The Kier molecular flexibility index (Phi) is 3.08. The molecule has 2 heterocycles. The van der Waals surface area contributed by atoms with Gasteiger partial charge in [-0.05, 0) is 30.9 Å². The van der Waals surface area contributed by atoms with Crippen molar-refractivity contribution >= 4 is 11.6 Å².